The van der Waals surface area contributed by atoms with Gasteiger partial charge in [-0.05, 0) is 55.9 Å². The lowest BCUT2D eigenvalue weighted by Crippen LogP contribution is -2.36. The van der Waals surface area contributed by atoms with Crippen LogP contribution in [0.15, 0.2) is 18.2 Å². The minimum absolute atomic E-state index is 0.352. The first-order chi connectivity index (χ1) is 11.2. The third kappa shape index (κ3) is 2.76. The summed E-state index contributed by atoms with van der Waals surface area (Å²) in [6.07, 6.45) is 10.2. The third-order valence-electron chi connectivity index (χ3n) is 5.53. The van der Waals surface area contributed by atoms with E-state index in [4.69, 9.17) is 5.73 Å². The Hall–Kier alpha value is -1.81. The number of hydrogen-bond acceptors (Lipinski definition) is 2. The summed E-state index contributed by atoms with van der Waals surface area (Å²) in [7, 11) is 0. The van der Waals surface area contributed by atoms with Gasteiger partial charge >= 0.3 is 0 Å². The van der Waals surface area contributed by atoms with Gasteiger partial charge in [-0.1, -0.05) is 19.3 Å². The molecule has 4 rings (SSSR count). The molecule has 4 N–H and O–H groups in total. The molecule has 1 saturated carbocycles. The standard InChI is InChI=1S/C19H25N3O/c20-19(23)12-9-10-16-15(11-12)14-7-4-8-17(18(14)22-16)21-13-5-2-1-3-6-13/h9-11,13,17,21-22H,1-8H2,(H2,20,23). The minimum Gasteiger partial charge on any atom is -0.366 e. The van der Waals surface area contributed by atoms with Crippen molar-refractivity contribution in [2.24, 2.45) is 5.73 Å². The van der Waals surface area contributed by atoms with Gasteiger partial charge < -0.3 is 16.0 Å². The van der Waals surface area contributed by atoms with Crippen molar-refractivity contribution in [1.82, 2.24) is 10.3 Å². The summed E-state index contributed by atoms with van der Waals surface area (Å²) in [5.74, 6) is -0.352. The van der Waals surface area contributed by atoms with Crippen LogP contribution in [0.1, 0.15) is 72.6 Å². The molecule has 1 aromatic heterocycles. The van der Waals surface area contributed by atoms with E-state index in [1.165, 1.54) is 61.6 Å². The highest BCUT2D eigenvalue weighted by molar-refractivity contribution is 5.98. The van der Waals surface area contributed by atoms with Crippen molar-refractivity contribution in [3.8, 4) is 0 Å². The number of nitrogens with one attached hydrogen (secondary N) is 2. The number of carbonyl (C=O) groups excluding carboxylic acids is 1. The number of nitrogens with two attached hydrogens (primary N) is 1. The number of aromatic amines is 1. The van der Waals surface area contributed by atoms with Crippen LogP contribution in [0.2, 0.25) is 0 Å². The van der Waals surface area contributed by atoms with Crippen LogP contribution in [-0.2, 0) is 6.42 Å². The van der Waals surface area contributed by atoms with E-state index in [1.807, 2.05) is 18.2 Å². The zero-order valence-corrected chi connectivity index (χ0v) is 13.5. The molecule has 1 amide bonds. The maximum absolute atomic E-state index is 11.5. The number of fused-ring (bicyclic) bond motifs is 3. The predicted molar refractivity (Wildman–Crippen MR) is 92.5 cm³/mol. The van der Waals surface area contributed by atoms with Crippen LogP contribution < -0.4 is 11.1 Å². The topological polar surface area (TPSA) is 70.9 Å². The largest absolute Gasteiger partial charge is 0.366 e. The monoisotopic (exact) mass is 311 g/mol. The summed E-state index contributed by atoms with van der Waals surface area (Å²) in [5.41, 5.74) is 9.87. The number of aryl methyl sites for hydroxylation is 1. The number of hydrogen-bond donors (Lipinski definition) is 3. The number of rotatable bonds is 3. The van der Waals surface area contributed by atoms with E-state index in [9.17, 15) is 4.79 Å². The molecular weight excluding hydrogens is 286 g/mol. The zero-order valence-electron chi connectivity index (χ0n) is 13.5. The van der Waals surface area contributed by atoms with E-state index in [0.717, 1.165) is 11.9 Å². The molecule has 0 radical (unpaired) electrons. The van der Waals surface area contributed by atoms with Crippen LogP contribution >= 0.6 is 0 Å². The Morgan fingerprint density at radius 2 is 1.96 bits per heavy atom. The molecule has 1 unspecified atom stereocenters. The molecule has 0 bridgehead atoms. The first-order valence-corrected chi connectivity index (χ1v) is 8.93. The van der Waals surface area contributed by atoms with E-state index in [0.29, 0.717) is 17.6 Å². The fraction of sp³-hybridized carbons (Fsp3) is 0.526. The number of aromatic nitrogens is 1. The van der Waals surface area contributed by atoms with Gasteiger partial charge in [0.25, 0.3) is 0 Å². The molecule has 23 heavy (non-hydrogen) atoms. The molecule has 2 aromatic rings. The van der Waals surface area contributed by atoms with Gasteiger partial charge in [0.05, 0.1) is 0 Å². The molecular formula is C19H25N3O. The molecule has 0 spiro atoms. The molecule has 1 fully saturated rings. The second-order valence-electron chi connectivity index (χ2n) is 7.09. The maximum atomic E-state index is 11.5. The summed E-state index contributed by atoms with van der Waals surface area (Å²) in [4.78, 5) is 15.1. The Kier molecular flexibility index (Phi) is 3.85. The highest BCUT2D eigenvalue weighted by atomic mass is 16.1. The first kappa shape index (κ1) is 14.8. The quantitative estimate of drug-likeness (QED) is 0.811. The van der Waals surface area contributed by atoms with Gasteiger partial charge in [0.2, 0.25) is 5.91 Å². The summed E-state index contributed by atoms with van der Waals surface area (Å²) in [5, 5.41) is 5.06. The summed E-state index contributed by atoms with van der Waals surface area (Å²) >= 11 is 0. The fourth-order valence-corrected chi connectivity index (χ4v) is 4.34. The van der Waals surface area contributed by atoms with E-state index in [2.05, 4.69) is 10.3 Å². The molecule has 0 aliphatic heterocycles. The van der Waals surface area contributed by atoms with Crippen molar-refractivity contribution in [3.05, 3.63) is 35.0 Å². The van der Waals surface area contributed by atoms with Crippen LogP contribution in [0, 0.1) is 0 Å². The highest BCUT2D eigenvalue weighted by Crippen LogP contribution is 2.36. The average molecular weight is 311 g/mol. The first-order valence-electron chi connectivity index (χ1n) is 8.93. The Morgan fingerprint density at radius 3 is 2.74 bits per heavy atom. The minimum atomic E-state index is -0.352. The van der Waals surface area contributed by atoms with Gasteiger partial charge in [0, 0.05) is 34.2 Å². The normalized spacial score (nSPS) is 22.2. The summed E-state index contributed by atoms with van der Waals surface area (Å²) in [6.45, 7) is 0. The van der Waals surface area contributed by atoms with E-state index < -0.39 is 0 Å². The smallest absolute Gasteiger partial charge is 0.248 e. The van der Waals surface area contributed by atoms with Crippen LogP contribution in [0.5, 0.6) is 0 Å². The zero-order chi connectivity index (χ0) is 15.8. The molecule has 2 aliphatic carbocycles. The average Bonchev–Trinajstić information content (AvgIpc) is 2.95. The van der Waals surface area contributed by atoms with Crippen molar-refractivity contribution < 1.29 is 4.79 Å². The van der Waals surface area contributed by atoms with Crippen LogP contribution in [0.3, 0.4) is 0 Å². The van der Waals surface area contributed by atoms with Gasteiger partial charge in [-0.15, -0.1) is 0 Å². The van der Waals surface area contributed by atoms with E-state index >= 15 is 0 Å². The van der Waals surface area contributed by atoms with Gasteiger partial charge in [-0.2, -0.15) is 0 Å². The van der Waals surface area contributed by atoms with Crippen LogP contribution in [-0.4, -0.2) is 16.9 Å². The Bertz CT molecular complexity index is 728. The summed E-state index contributed by atoms with van der Waals surface area (Å²) < 4.78 is 0. The van der Waals surface area contributed by atoms with Crippen LogP contribution in [0.4, 0.5) is 0 Å². The Morgan fingerprint density at radius 1 is 1.13 bits per heavy atom. The van der Waals surface area contributed by atoms with Gasteiger partial charge in [0.1, 0.15) is 0 Å². The number of carbonyl (C=O) groups is 1. The number of H-pyrrole nitrogens is 1. The lowest BCUT2D eigenvalue weighted by atomic mass is 9.89. The Labute approximate surface area is 136 Å². The van der Waals surface area contributed by atoms with Gasteiger partial charge in [-0.25, -0.2) is 0 Å². The molecule has 4 nitrogen and oxygen atoms in total. The highest BCUT2D eigenvalue weighted by Gasteiger charge is 2.27. The van der Waals surface area contributed by atoms with E-state index in [-0.39, 0.29) is 5.91 Å². The molecule has 2 aliphatic rings. The van der Waals surface area contributed by atoms with Crippen molar-refractivity contribution in [1.29, 1.82) is 0 Å². The maximum Gasteiger partial charge on any atom is 0.248 e. The SMILES string of the molecule is NC(=O)c1ccc2[nH]c3c(c2c1)CCCC3NC1CCCCC1. The molecule has 122 valence electrons. The fourth-order valence-electron chi connectivity index (χ4n) is 4.34. The van der Waals surface area contributed by atoms with Gasteiger partial charge in [-0.3, -0.25) is 4.79 Å². The molecule has 1 atom stereocenters. The van der Waals surface area contributed by atoms with E-state index in [1.54, 1.807) is 0 Å². The second-order valence-corrected chi connectivity index (χ2v) is 7.09. The van der Waals surface area contributed by atoms with Crippen LogP contribution in [0.25, 0.3) is 10.9 Å². The molecule has 0 saturated heterocycles. The summed E-state index contributed by atoms with van der Waals surface area (Å²) in [6, 6.07) is 6.84. The van der Waals surface area contributed by atoms with Crippen molar-refractivity contribution in [3.63, 3.8) is 0 Å². The molecule has 1 heterocycles. The lowest BCUT2D eigenvalue weighted by Gasteiger charge is -2.31. The second kappa shape index (κ2) is 6.00. The third-order valence-corrected chi connectivity index (χ3v) is 5.53. The number of benzene rings is 1. The molecule has 4 heteroatoms. The Balaban J connectivity index is 1.67. The molecule has 1 aromatic carbocycles. The predicted octanol–water partition coefficient (Wildman–Crippen LogP) is 3.57. The van der Waals surface area contributed by atoms with Crippen molar-refractivity contribution >= 4 is 16.8 Å². The number of amides is 1. The van der Waals surface area contributed by atoms with Gasteiger partial charge in [0.15, 0.2) is 0 Å². The van der Waals surface area contributed by atoms with Crippen molar-refractivity contribution in [2.75, 3.05) is 0 Å². The number of primary amides is 1. The lowest BCUT2D eigenvalue weighted by molar-refractivity contribution is 0.100. The van der Waals surface area contributed by atoms with Crippen molar-refractivity contribution in [2.45, 2.75) is 63.5 Å².